The number of carbonyl (C=O) groups excluding carboxylic acids is 2. The molecule has 0 unspecified atom stereocenters. The van der Waals surface area contributed by atoms with E-state index in [1.54, 1.807) is 6.07 Å². The zero-order valence-electron chi connectivity index (χ0n) is 6.98. The van der Waals surface area contributed by atoms with Crippen LogP contribution in [0.2, 0.25) is 0 Å². The van der Waals surface area contributed by atoms with Gasteiger partial charge in [-0.3, -0.25) is 20.4 Å². The molecule has 0 aliphatic heterocycles. The van der Waals surface area contributed by atoms with E-state index < -0.39 is 17.8 Å². The maximum atomic E-state index is 10.7. The second kappa shape index (κ2) is 6.19. The molecule has 2 amide bonds. The number of nitrogens with one attached hydrogen (secondary N) is 2. The number of amides is 2. The third-order valence-corrected chi connectivity index (χ3v) is 0.942. The van der Waals surface area contributed by atoms with E-state index in [0.29, 0.717) is 6.08 Å². The van der Waals surface area contributed by atoms with Crippen molar-refractivity contribution in [2.75, 3.05) is 0 Å². The smallest absolute Gasteiger partial charge is 0.328 e. The van der Waals surface area contributed by atoms with E-state index in [0.717, 1.165) is 6.08 Å². The van der Waals surface area contributed by atoms with Crippen LogP contribution in [0.3, 0.4) is 0 Å². The van der Waals surface area contributed by atoms with Gasteiger partial charge in [0.05, 0.1) is 6.07 Å². The molecule has 0 aromatic heterocycles. The fourth-order valence-corrected chi connectivity index (χ4v) is 0.436. The molecule has 0 saturated heterocycles. The summed E-state index contributed by atoms with van der Waals surface area (Å²) in [5, 5.41) is 16.2. The molecule has 74 valence electrons. The summed E-state index contributed by atoms with van der Waals surface area (Å²) < 4.78 is 0. The Morgan fingerprint density at radius 1 is 1.29 bits per heavy atom. The van der Waals surface area contributed by atoms with Gasteiger partial charge in [-0.25, -0.2) is 4.79 Å². The van der Waals surface area contributed by atoms with Gasteiger partial charge in [0.1, 0.15) is 6.42 Å². The van der Waals surface area contributed by atoms with Crippen molar-refractivity contribution in [1.82, 2.24) is 10.9 Å². The Morgan fingerprint density at radius 2 is 1.93 bits per heavy atom. The molecular formula is C7H7N3O4. The predicted molar refractivity (Wildman–Crippen MR) is 43.3 cm³/mol. The highest BCUT2D eigenvalue weighted by molar-refractivity contribution is 5.94. The molecule has 0 aliphatic carbocycles. The molecule has 0 radical (unpaired) electrons. The maximum absolute atomic E-state index is 10.7. The van der Waals surface area contributed by atoms with Crippen LogP contribution < -0.4 is 10.9 Å². The first-order chi connectivity index (χ1) is 6.56. The Bertz CT molecular complexity index is 315. The van der Waals surface area contributed by atoms with Crippen LogP contribution >= 0.6 is 0 Å². The van der Waals surface area contributed by atoms with E-state index >= 15 is 0 Å². The van der Waals surface area contributed by atoms with Gasteiger partial charge in [0.25, 0.3) is 11.8 Å². The van der Waals surface area contributed by atoms with E-state index in [1.165, 1.54) is 0 Å². The molecule has 0 fully saturated rings. The average Bonchev–Trinajstić information content (AvgIpc) is 2.12. The van der Waals surface area contributed by atoms with Gasteiger partial charge in [-0.1, -0.05) is 0 Å². The zero-order valence-corrected chi connectivity index (χ0v) is 6.98. The molecule has 0 aliphatic rings. The largest absolute Gasteiger partial charge is 0.478 e. The fourth-order valence-electron chi connectivity index (χ4n) is 0.436. The third kappa shape index (κ3) is 6.36. The lowest BCUT2D eigenvalue weighted by atomic mass is 10.4. The summed E-state index contributed by atoms with van der Waals surface area (Å²) in [7, 11) is 0. The van der Waals surface area contributed by atoms with Crippen LogP contribution in [0.25, 0.3) is 0 Å². The molecular weight excluding hydrogens is 190 g/mol. The van der Waals surface area contributed by atoms with E-state index in [4.69, 9.17) is 10.4 Å². The normalized spacial score (nSPS) is 9.07. The first kappa shape index (κ1) is 11.6. The molecule has 0 aromatic carbocycles. The number of nitrogens with zero attached hydrogens (tertiary/aromatic N) is 1. The van der Waals surface area contributed by atoms with Crippen molar-refractivity contribution in [3.8, 4) is 6.07 Å². The SMILES string of the molecule is N#CCC(=O)NNC(=O)/C=C/C(=O)O. The van der Waals surface area contributed by atoms with Gasteiger partial charge < -0.3 is 5.11 Å². The molecule has 7 nitrogen and oxygen atoms in total. The van der Waals surface area contributed by atoms with Crippen LogP contribution in [-0.2, 0) is 14.4 Å². The van der Waals surface area contributed by atoms with Gasteiger partial charge >= 0.3 is 5.97 Å². The second-order valence-corrected chi connectivity index (χ2v) is 2.04. The summed E-state index contributed by atoms with van der Waals surface area (Å²) in [6, 6.07) is 1.57. The number of hydrogen-bond acceptors (Lipinski definition) is 4. The van der Waals surface area contributed by atoms with E-state index in [9.17, 15) is 14.4 Å². The molecule has 0 heterocycles. The molecule has 0 aromatic rings. The summed E-state index contributed by atoms with van der Waals surface area (Å²) >= 11 is 0. The summed E-state index contributed by atoms with van der Waals surface area (Å²) in [6.45, 7) is 0. The minimum atomic E-state index is -1.27. The lowest BCUT2D eigenvalue weighted by Crippen LogP contribution is -2.40. The van der Waals surface area contributed by atoms with Crippen molar-refractivity contribution in [2.45, 2.75) is 6.42 Å². The Morgan fingerprint density at radius 3 is 2.43 bits per heavy atom. The first-order valence-corrected chi connectivity index (χ1v) is 3.43. The molecule has 0 rings (SSSR count). The standard InChI is InChI=1S/C7H7N3O4/c8-4-3-6(12)10-9-5(11)1-2-7(13)14/h1-2H,3H2,(H,9,11)(H,10,12)(H,13,14)/b2-1+. The third-order valence-electron chi connectivity index (χ3n) is 0.942. The number of rotatable bonds is 3. The summed E-state index contributed by atoms with van der Waals surface area (Å²) in [4.78, 5) is 31.2. The summed E-state index contributed by atoms with van der Waals surface area (Å²) in [5.41, 5.74) is 3.78. The molecule has 0 spiro atoms. The van der Waals surface area contributed by atoms with Gasteiger partial charge in [-0.15, -0.1) is 0 Å². The minimum absolute atomic E-state index is 0.386. The summed E-state index contributed by atoms with van der Waals surface area (Å²) in [6.07, 6.45) is 0.962. The highest BCUT2D eigenvalue weighted by atomic mass is 16.4. The van der Waals surface area contributed by atoms with Crippen molar-refractivity contribution in [2.24, 2.45) is 0 Å². The van der Waals surface area contributed by atoms with Crippen molar-refractivity contribution in [1.29, 1.82) is 5.26 Å². The van der Waals surface area contributed by atoms with Gasteiger partial charge in [-0.05, 0) is 0 Å². The lowest BCUT2D eigenvalue weighted by molar-refractivity contribution is -0.131. The first-order valence-electron chi connectivity index (χ1n) is 3.43. The Hall–Kier alpha value is -2.36. The van der Waals surface area contributed by atoms with Gasteiger partial charge in [0, 0.05) is 12.2 Å². The van der Waals surface area contributed by atoms with Crippen molar-refractivity contribution in [3.05, 3.63) is 12.2 Å². The molecule has 14 heavy (non-hydrogen) atoms. The van der Waals surface area contributed by atoms with Crippen LogP contribution in [0.15, 0.2) is 12.2 Å². The number of hydrogen-bond donors (Lipinski definition) is 3. The van der Waals surface area contributed by atoms with Crippen LogP contribution in [0.5, 0.6) is 0 Å². The second-order valence-electron chi connectivity index (χ2n) is 2.04. The van der Waals surface area contributed by atoms with Crippen molar-refractivity contribution >= 4 is 17.8 Å². The number of nitriles is 1. The van der Waals surface area contributed by atoms with Crippen LogP contribution in [-0.4, -0.2) is 22.9 Å². The number of hydrazine groups is 1. The molecule has 3 N–H and O–H groups in total. The number of carbonyl (C=O) groups is 3. The number of carboxylic acids is 1. The maximum Gasteiger partial charge on any atom is 0.328 e. The van der Waals surface area contributed by atoms with E-state index in [2.05, 4.69) is 0 Å². The minimum Gasteiger partial charge on any atom is -0.478 e. The molecule has 7 heteroatoms. The van der Waals surface area contributed by atoms with Crippen molar-refractivity contribution < 1.29 is 19.5 Å². The van der Waals surface area contributed by atoms with Gasteiger partial charge in [0.15, 0.2) is 0 Å². The predicted octanol–water partition coefficient (Wildman–Crippen LogP) is -1.31. The van der Waals surface area contributed by atoms with Gasteiger partial charge in [0.2, 0.25) is 0 Å². The van der Waals surface area contributed by atoms with Crippen LogP contribution in [0, 0.1) is 11.3 Å². The van der Waals surface area contributed by atoms with Crippen molar-refractivity contribution in [3.63, 3.8) is 0 Å². The number of aliphatic carboxylic acids is 1. The highest BCUT2D eigenvalue weighted by Gasteiger charge is 2.00. The molecule has 0 atom stereocenters. The topological polar surface area (TPSA) is 119 Å². The Balaban J connectivity index is 3.81. The van der Waals surface area contributed by atoms with Crippen LogP contribution in [0.4, 0.5) is 0 Å². The van der Waals surface area contributed by atoms with E-state index in [-0.39, 0.29) is 6.42 Å². The van der Waals surface area contributed by atoms with Crippen LogP contribution in [0.1, 0.15) is 6.42 Å². The zero-order chi connectivity index (χ0) is 11.0. The van der Waals surface area contributed by atoms with E-state index in [1.807, 2.05) is 10.9 Å². The van der Waals surface area contributed by atoms with Gasteiger partial charge in [-0.2, -0.15) is 5.26 Å². The highest BCUT2D eigenvalue weighted by Crippen LogP contribution is 1.75. The quantitative estimate of drug-likeness (QED) is 0.383. The Labute approximate surface area is 79.0 Å². The fraction of sp³-hybridized carbons (Fsp3) is 0.143. The molecule has 0 saturated carbocycles. The average molecular weight is 197 g/mol. The monoisotopic (exact) mass is 197 g/mol. The lowest BCUT2D eigenvalue weighted by Gasteiger charge is -2.00. The Kier molecular flexibility index (Phi) is 5.15. The number of carboxylic acid groups (broad SMARTS) is 1. The summed E-state index contributed by atoms with van der Waals surface area (Å²) in [5.74, 6) is -2.74. The molecule has 0 bridgehead atoms.